The van der Waals surface area contributed by atoms with E-state index in [1.165, 1.54) is 6.20 Å². The standard InChI is InChI=1S/C8H14N2/c1-6(2)8-5-9-7(3)10(8)4/h5-6H,1-4H3/i3D3,4D3. The van der Waals surface area contributed by atoms with Crippen LogP contribution < -0.4 is 0 Å². The van der Waals surface area contributed by atoms with Crippen LogP contribution in [0.2, 0.25) is 0 Å². The van der Waals surface area contributed by atoms with Crippen LogP contribution in [0.4, 0.5) is 0 Å². The Morgan fingerprint density at radius 1 is 1.70 bits per heavy atom. The highest BCUT2D eigenvalue weighted by Crippen LogP contribution is 2.13. The van der Waals surface area contributed by atoms with E-state index in [-0.39, 0.29) is 11.7 Å². The van der Waals surface area contributed by atoms with E-state index in [4.69, 9.17) is 8.22 Å². The summed E-state index contributed by atoms with van der Waals surface area (Å²) in [5, 5.41) is 0. The van der Waals surface area contributed by atoms with Gasteiger partial charge < -0.3 is 4.57 Å². The number of aryl methyl sites for hydroxylation is 1. The van der Waals surface area contributed by atoms with Crippen molar-refractivity contribution in [3.8, 4) is 0 Å². The molecule has 0 aromatic carbocycles. The van der Waals surface area contributed by atoms with Gasteiger partial charge in [0.05, 0.1) is 0 Å². The summed E-state index contributed by atoms with van der Waals surface area (Å²) in [4.78, 5) is 3.72. The topological polar surface area (TPSA) is 17.8 Å². The van der Waals surface area contributed by atoms with Crippen molar-refractivity contribution in [1.29, 1.82) is 0 Å². The van der Waals surface area contributed by atoms with Gasteiger partial charge in [-0.05, 0) is 12.8 Å². The van der Waals surface area contributed by atoms with Gasteiger partial charge in [-0.3, -0.25) is 0 Å². The van der Waals surface area contributed by atoms with Crippen LogP contribution in [-0.4, -0.2) is 9.55 Å². The molecular formula is C8H14N2. The van der Waals surface area contributed by atoms with Crippen LogP contribution in [0.15, 0.2) is 6.20 Å². The minimum absolute atomic E-state index is 0.0935. The second kappa shape index (κ2) is 2.45. The average Bonchev–Trinajstić information content (AvgIpc) is 2.43. The Hall–Kier alpha value is -0.790. The van der Waals surface area contributed by atoms with E-state index in [1.807, 2.05) is 0 Å². The molecule has 0 fully saturated rings. The zero-order valence-electron chi connectivity index (χ0n) is 12.0. The summed E-state index contributed by atoms with van der Waals surface area (Å²) < 4.78 is 44.6. The Kier molecular flexibility index (Phi) is 0.656. The van der Waals surface area contributed by atoms with Crippen LogP contribution in [0.5, 0.6) is 0 Å². The minimum atomic E-state index is -2.51. The van der Waals surface area contributed by atoms with E-state index in [9.17, 15) is 0 Å². The van der Waals surface area contributed by atoms with E-state index in [1.54, 1.807) is 13.8 Å². The van der Waals surface area contributed by atoms with Crippen molar-refractivity contribution in [3.05, 3.63) is 17.7 Å². The highest BCUT2D eigenvalue weighted by atomic mass is 15.1. The first-order valence-electron chi connectivity index (χ1n) is 6.13. The van der Waals surface area contributed by atoms with Crippen LogP contribution in [-0.2, 0) is 6.98 Å². The molecule has 0 atom stereocenters. The zero-order valence-corrected chi connectivity index (χ0v) is 6.05. The Bertz CT molecular complexity index is 373. The van der Waals surface area contributed by atoms with E-state index in [0.29, 0.717) is 5.69 Å². The van der Waals surface area contributed by atoms with Gasteiger partial charge in [-0.25, -0.2) is 4.98 Å². The van der Waals surface area contributed by atoms with Crippen molar-refractivity contribution in [2.75, 3.05) is 0 Å². The van der Waals surface area contributed by atoms with Crippen LogP contribution in [0.3, 0.4) is 0 Å². The second-order valence-electron chi connectivity index (χ2n) is 2.50. The SMILES string of the molecule is [2H]C([2H])([2H])c1ncc(C(C)C)n1C([2H])([2H])[2H]. The lowest BCUT2D eigenvalue weighted by atomic mass is 10.1. The summed E-state index contributed by atoms with van der Waals surface area (Å²) in [6.45, 7) is -1.44. The molecule has 2 heteroatoms. The fourth-order valence-electron chi connectivity index (χ4n) is 0.772. The molecule has 56 valence electrons. The highest BCUT2D eigenvalue weighted by molar-refractivity contribution is 5.07. The number of hydrogen-bond donors (Lipinski definition) is 0. The van der Waals surface area contributed by atoms with Crippen LogP contribution in [0, 0.1) is 6.85 Å². The fourth-order valence-corrected chi connectivity index (χ4v) is 0.772. The van der Waals surface area contributed by atoms with Gasteiger partial charge in [0, 0.05) is 27.1 Å². The summed E-state index contributed by atoms with van der Waals surface area (Å²) in [5.74, 6) is -0.472. The van der Waals surface area contributed by atoms with E-state index < -0.39 is 13.8 Å². The first-order chi connectivity index (χ1) is 7.05. The molecule has 0 amide bonds. The number of aromatic nitrogens is 2. The quantitative estimate of drug-likeness (QED) is 0.588. The monoisotopic (exact) mass is 144 g/mol. The lowest BCUT2D eigenvalue weighted by Crippen LogP contribution is -1.99. The predicted molar refractivity (Wildman–Crippen MR) is 42.0 cm³/mol. The average molecular weight is 144 g/mol. The number of nitrogens with zero attached hydrogens (tertiary/aromatic N) is 2. The maximum atomic E-state index is 7.35. The highest BCUT2D eigenvalue weighted by Gasteiger charge is 2.04. The maximum Gasteiger partial charge on any atom is 0.105 e. The molecule has 0 aliphatic carbocycles. The van der Waals surface area contributed by atoms with Gasteiger partial charge in [-0.15, -0.1) is 0 Å². The van der Waals surface area contributed by atoms with Gasteiger partial charge in [0.25, 0.3) is 0 Å². The van der Waals surface area contributed by atoms with Gasteiger partial charge in [0.15, 0.2) is 0 Å². The molecule has 0 saturated heterocycles. The van der Waals surface area contributed by atoms with Crippen LogP contribution in [0.25, 0.3) is 0 Å². The molecular weight excluding hydrogens is 124 g/mol. The van der Waals surface area contributed by atoms with Crippen LogP contribution >= 0.6 is 0 Å². The summed E-state index contributed by atoms with van der Waals surface area (Å²) in [7, 11) is 0. The number of rotatable bonds is 1. The van der Waals surface area contributed by atoms with Crippen molar-refractivity contribution in [2.45, 2.75) is 26.6 Å². The molecule has 0 unspecified atom stereocenters. The Morgan fingerprint density at radius 2 is 2.50 bits per heavy atom. The lowest BCUT2D eigenvalue weighted by molar-refractivity contribution is 0.724. The van der Waals surface area contributed by atoms with Gasteiger partial charge in [0.2, 0.25) is 0 Å². The second-order valence-corrected chi connectivity index (χ2v) is 2.50. The first kappa shape index (κ1) is 2.68. The molecule has 0 bridgehead atoms. The smallest absolute Gasteiger partial charge is 0.105 e. The Labute approximate surface area is 70.3 Å². The Balaban J connectivity index is 3.44. The third kappa shape index (κ3) is 1.06. The van der Waals surface area contributed by atoms with E-state index in [0.717, 1.165) is 4.57 Å². The van der Waals surface area contributed by atoms with Crippen molar-refractivity contribution in [2.24, 2.45) is 6.98 Å². The van der Waals surface area contributed by atoms with Crippen molar-refractivity contribution < 1.29 is 8.22 Å². The molecule has 1 rings (SSSR count). The van der Waals surface area contributed by atoms with Crippen molar-refractivity contribution in [3.63, 3.8) is 0 Å². The normalized spacial score (nSPS) is 22.3. The third-order valence-corrected chi connectivity index (χ3v) is 1.38. The zero-order chi connectivity index (χ0) is 12.7. The van der Waals surface area contributed by atoms with Gasteiger partial charge >= 0.3 is 0 Å². The van der Waals surface area contributed by atoms with Crippen molar-refractivity contribution >= 4 is 0 Å². The van der Waals surface area contributed by atoms with E-state index >= 15 is 0 Å². The van der Waals surface area contributed by atoms with E-state index in [2.05, 4.69) is 4.98 Å². The molecule has 0 saturated carbocycles. The largest absolute Gasteiger partial charge is 0.335 e. The maximum absolute atomic E-state index is 7.35. The molecule has 0 N–H and O–H groups in total. The summed E-state index contributed by atoms with van der Waals surface area (Å²) >= 11 is 0. The van der Waals surface area contributed by atoms with Gasteiger partial charge in [-0.2, -0.15) is 0 Å². The molecule has 0 spiro atoms. The minimum Gasteiger partial charge on any atom is -0.335 e. The molecule has 1 heterocycles. The molecule has 2 nitrogen and oxygen atoms in total. The summed E-state index contributed by atoms with van der Waals surface area (Å²) in [6.07, 6.45) is 1.32. The van der Waals surface area contributed by atoms with Crippen LogP contribution in [0.1, 0.15) is 39.5 Å². The summed E-state index contributed by atoms with van der Waals surface area (Å²) in [5.41, 5.74) is 0.408. The molecule has 0 radical (unpaired) electrons. The van der Waals surface area contributed by atoms with Gasteiger partial charge in [0.1, 0.15) is 5.82 Å². The molecule has 1 aromatic heterocycles. The molecule has 10 heavy (non-hydrogen) atoms. The number of hydrogen-bond acceptors (Lipinski definition) is 1. The molecule has 1 aromatic rings. The first-order valence-corrected chi connectivity index (χ1v) is 3.13. The number of imidazole rings is 1. The predicted octanol–water partition coefficient (Wildman–Crippen LogP) is 1.85. The Morgan fingerprint density at radius 3 is 3.00 bits per heavy atom. The molecule has 0 aliphatic heterocycles. The summed E-state index contributed by atoms with van der Waals surface area (Å²) in [6, 6.07) is 0. The fraction of sp³-hybridized carbons (Fsp3) is 0.625. The van der Waals surface area contributed by atoms with Gasteiger partial charge in [-0.1, -0.05) is 13.8 Å². The lowest BCUT2D eigenvalue weighted by Gasteiger charge is -2.05. The molecule has 0 aliphatic rings. The van der Waals surface area contributed by atoms with Crippen molar-refractivity contribution in [1.82, 2.24) is 9.55 Å². The third-order valence-electron chi connectivity index (χ3n) is 1.38.